The Kier molecular flexibility index (Phi) is 7.41. The zero-order valence-electron chi connectivity index (χ0n) is 15.8. The van der Waals surface area contributed by atoms with Gasteiger partial charge in [0.25, 0.3) is 0 Å². The quantitative estimate of drug-likeness (QED) is 0.669. The molecule has 1 aliphatic carbocycles. The molecule has 0 unspecified atom stereocenters. The molecule has 2 N–H and O–H groups in total. The predicted molar refractivity (Wildman–Crippen MR) is 104 cm³/mol. The molecule has 1 aromatic carbocycles. The normalized spacial score (nSPS) is 22.9. The van der Waals surface area contributed by atoms with Crippen LogP contribution >= 0.6 is 0 Å². The van der Waals surface area contributed by atoms with Crippen LogP contribution in [0.15, 0.2) is 30.3 Å². The molecule has 1 fully saturated rings. The van der Waals surface area contributed by atoms with Gasteiger partial charge in [-0.3, -0.25) is 4.79 Å². The van der Waals surface area contributed by atoms with Crippen molar-refractivity contribution in [2.24, 2.45) is 5.92 Å². The lowest BCUT2D eigenvalue weighted by molar-refractivity contribution is -0.149. The molecule has 0 spiro atoms. The summed E-state index contributed by atoms with van der Waals surface area (Å²) >= 11 is 0. The average molecular weight is 396 g/mol. The largest absolute Gasteiger partial charge is 0.480 e. The van der Waals surface area contributed by atoms with Crippen molar-refractivity contribution in [1.82, 2.24) is 5.32 Å². The summed E-state index contributed by atoms with van der Waals surface area (Å²) in [7, 11) is -3.57. The van der Waals surface area contributed by atoms with Crippen LogP contribution in [-0.4, -0.2) is 42.4 Å². The molecule has 0 aromatic heterocycles. The number of hydrogen-bond acceptors (Lipinski definition) is 4. The molecule has 1 aliphatic rings. The van der Waals surface area contributed by atoms with E-state index < -0.39 is 33.0 Å². The first-order chi connectivity index (χ1) is 12.8. The number of sulfone groups is 1. The van der Waals surface area contributed by atoms with Crippen molar-refractivity contribution in [1.29, 1.82) is 0 Å². The molecule has 1 saturated carbocycles. The fourth-order valence-electron chi connectivity index (χ4n) is 3.69. The molecule has 7 heteroatoms. The van der Waals surface area contributed by atoms with Crippen LogP contribution < -0.4 is 5.32 Å². The van der Waals surface area contributed by atoms with Crippen LogP contribution in [0.3, 0.4) is 0 Å². The van der Waals surface area contributed by atoms with Gasteiger partial charge in [0.2, 0.25) is 5.91 Å². The standard InChI is InChI=1S/C20H29NO5S/c1-2-16-10-12-20(13-11-16,19(23)24)21-18(22)15-27(25,26)14-6-9-17-7-4-3-5-8-17/h3-5,7-8,16H,2,6,9-15H2,1H3,(H,21,22)(H,23,24). The summed E-state index contributed by atoms with van der Waals surface area (Å²) < 4.78 is 24.5. The second-order valence-electron chi connectivity index (χ2n) is 7.47. The highest BCUT2D eigenvalue weighted by Gasteiger charge is 2.43. The number of carbonyl (C=O) groups excluding carboxylic acids is 1. The summed E-state index contributed by atoms with van der Waals surface area (Å²) in [5, 5.41) is 12.1. The number of carbonyl (C=O) groups is 2. The van der Waals surface area contributed by atoms with Crippen LogP contribution in [0, 0.1) is 5.92 Å². The highest BCUT2D eigenvalue weighted by molar-refractivity contribution is 7.92. The van der Waals surface area contributed by atoms with Gasteiger partial charge in [-0.1, -0.05) is 43.7 Å². The van der Waals surface area contributed by atoms with Crippen molar-refractivity contribution in [3.8, 4) is 0 Å². The van der Waals surface area contributed by atoms with Crippen molar-refractivity contribution < 1.29 is 23.1 Å². The van der Waals surface area contributed by atoms with Crippen LogP contribution in [0.1, 0.15) is 51.0 Å². The van der Waals surface area contributed by atoms with E-state index in [2.05, 4.69) is 12.2 Å². The van der Waals surface area contributed by atoms with Gasteiger partial charge in [-0.05, 0) is 50.0 Å². The summed E-state index contributed by atoms with van der Waals surface area (Å²) in [6.45, 7) is 2.07. The highest BCUT2D eigenvalue weighted by Crippen LogP contribution is 2.34. The van der Waals surface area contributed by atoms with Crippen LogP contribution in [-0.2, 0) is 25.8 Å². The molecular weight excluding hydrogens is 366 g/mol. The second kappa shape index (κ2) is 9.35. The lowest BCUT2D eigenvalue weighted by Crippen LogP contribution is -2.57. The van der Waals surface area contributed by atoms with Crippen molar-refractivity contribution in [2.45, 2.75) is 57.4 Å². The number of rotatable bonds is 9. The van der Waals surface area contributed by atoms with Crippen LogP contribution in [0.2, 0.25) is 0 Å². The third-order valence-electron chi connectivity index (χ3n) is 5.44. The van der Waals surface area contributed by atoms with Gasteiger partial charge in [-0.25, -0.2) is 13.2 Å². The van der Waals surface area contributed by atoms with Gasteiger partial charge in [-0.2, -0.15) is 0 Å². The molecule has 2 rings (SSSR count). The molecule has 0 saturated heterocycles. The van der Waals surface area contributed by atoms with E-state index >= 15 is 0 Å². The number of benzene rings is 1. The zero-order chi connectivity index (χ0) is 19.9. The van der Waals surface area contributed by atoms with Gasteiger partial charge in [0.1, 0.15) is 11.3 Å². The maximum Gasteiger partial charge on any atom is 0.329 e. The zero-order valence-corrected chi connectivity index (χ0v) is 16.6. The number of carboxylic acid groups (broad SMARTS) is 1. The van der Waals surface area contributed by atoms with Gasteiger partial charge in [0.05, 0.1) is 5.75 Å². The molecule has 0 aliphatic heterocycles. The molecule has 6 nitrogen and oxygen atoms in total. The number of amides is 1. The van der Waals surface area contributed by atoms with Gasteiger partial charge < -0.3 is 10.4 Å². The summed E-state index contributed by atoms with van der Waals surface area (Å²) in [6.07, 6.45) is 4.20. The summed E-state index contributed by atoms with van der Waals surface area (Å²) in [6, 6.07) is 9.56. The minimum absolute atomic E-state index is 0.0900. The summed E-state index contributed by atoms with van der Waals surface area (Å²) in [4.78, 5) is 24.0. The maximum absolute atomic E-state index is 12.3. The van der Waals surface area contributed by atoms with Crippen molar-refractivity contribution in [3.05, 3.63) is 35.9 Å². The minimum atomic E-state index is -3.57. The topological polar surface area (TPSA) is 101 Å². The number of carboxylic acids is 1. The third-order valence-corrected chi connectivity index (χ3v) is 7.05. The Bertz CT molecular complexity index is 737. The second-order valence-corrected chi connectivity index (χ2v) is 9.65. The molecule has 0 bridgehead atoms. The number of aryl methyl sites for hydroxylation is 1. The molecule has 1 aromatic rings. The van der Waals surface area contributed by atoms with Gasteiger partial charge in [0.15, 0.2) is 9.84 Å². The van der Waals surface area contributed by atoms with E-state index in [1.54, 1.807) is 0 Å². The Balaban J connectivity index is 1.87. The van der Waals surface area contributed by atoms with E-state index in [0.717, 1.165) is 24.8 Å². The van der Waals surface area contributed by atoms with Crippen molar-refractivity contribution in [2.75, 3.05) is 11.5 Å². The average Bonchev–Trinajstić information content (AvgIpc) is 2.62. The van der Waals surface area contributed by atoms with E-state index in [0.29, 0.717) is 31.6 Å². The van der Waals surface area contributed by atoms with Crippen LogP contribution in [0.25, 0.3) is 0 Å². The highest BCUT2D eigenvalue weighted by atomic mass is 32.2. The summed E-state index contributed by atoms with van der Waals surface area (Å²) in [5.41, 5.74) is -0.280. The summed E-state index contributed by atoms with van der Waals surface area (Å²) in [5.74, 6) is -2.07. The smallest absolute Gasteiger partial charge is 0.329 e. The van der Waals surface area contributed by atoms with Gasteiger partial charge >= 0.3 is 5.97 Å². The fourth-order valence-corrected chi connectivity index (χ4v) is 4.89. The van der Waals surface area contributed by atoms with E-state index in [4.69, 9.17) is 0 Å². The van der Waals surface area contributed by atoms with E-state index in [1.807, 2.05) is 30.3 Å². The van der Waals surface area contributed by atoms with Crippen molar-refractivity contribution in [3.63, 3.8) is 0 Å². The van der Waals surface area contributed by atoms with Crippen LogP contribution in [0.4, 0.5) is 0 Å². The lowest BCUT2D eigenvalue weighted by atomic mass is 9.75. The molecule has 0 atom stereocenters. The fraction of sp³-hybridized carbons (Fsp3) is 0.600. The van der Waals surface area contributed by atoms with Crippen LogP contribution in [0.5, 0.6) is 0 Å². The molecule has 27 heavy (non-hydrogen) atoms. The molecule has 0 radical (unpaired) electrons. The third kappa shape index (κ3) is 6.34. The monoisotopic (exact) mass is 395 g/mol. The molecule has 150 valence electrons. The SMILES string of the molecule is CCC1CCC(NC(=O)CS(=O)(=O)CCCc2ccccc2)(C(=O)O)CC1. The maximum atomic E-state index is 12.3. The number of hydrogen-bond donors (Lipinski definition) is 2. The first-order valence-electron chi connectivity index (χ1n) is 9.55. The van der Waals surface area contributed by atoms with E-state index in [1.165, 1.54) is 0 Å². The Morgan fingerprint density at radius 1 is 1.19 bits per heavy atom. The van der Waals surface area contributed by atoms with Crippen molar-refractivity contribution >= 4 is 21.7 Å². The van der Waals surface area contributed by atoms with E-state index in [-0.39, 0.29) is 5.75 Å². The lowest BCUT2D eigenvalue weighted by Gasteiger charge is -2.37. The van der Waals surface area contributed by atoms with Gasteiger partial charge in [0, 0.05) is 0 Å². The van der Waals surface area contributed by atoms with Gasteiger partial charge in [-0.15, -0.1) is 0 Å². The first kappa shape index (κ1) is 21.4. The Morgan fingerprint density at radius 3 is 2.37 bits per heavy atom. The number of nitrogens with one attached hydrogen (secondary N) is 1. The van der Waals surface area contributed by atoms with E-state index in [9.17, 15) is 23.1 Å². The molecular formula is C20H29NO5S. The number of aliphatic carboxylic acids is 1. The molecule has 0 heterocycles. The Labute approximate surface area is 161 Å². The Morgan fingerprint density at radius 2 is 1.81 bits per heavy atom. The Hall–Kier alpha value is -1.89. The predicted octanol–water partition coefficient (Wildman–Crippen LogP) is 2.57. The minimum Gasteiger partial charge on any atom is -0.480 e. The molecule has 1 amide bonds. The first-order valence-corrected chi connectivity index (χ1v) is 11.4.